The fourth-order valence-corrected chi connectivity index (χ4v) is 3.73. The van der Waals surface area contributed by atoms with Crippen molar-refractivity contribution >= 4 is 22.7 Å². The van der Waals surface area contributed by atoms with Crippen LogP contribution in [0, 0.1) is 0 Å². The van der Waals surface area contributed by atoms with Gasteiger partial charge in [-0.05, 0) is 28.8 Å². The number of benzene rings is 2. The first-order valence-corrected chi connectivity index (χ1v) is 10.2. The van der Waals surface area contributed by atoms with Crippen LogP contribution in [0.2, 0.25) is 0 Å². The summed E-state index contributed by atoms with van der Waals surface area (Å²) in [4.78, 5) is 28.0. The van der Waals surface area contributed by atoms with Gasteiger partial charge < -0.3 is 15.6 Å². The van der Waals surface area contributed by atoms with Crippen molar-refractivity contribution in [2.75, 3.05) is 0 Å². The fraction of sp³-hybridized carbons (Fsp3) is 0.208. The van der Waals surface area contributed by atoms with Crippen molar-refractivity contribution in [2.24, 2.45) is 0 Å². The summed E-state index contributed by atoms with van der Waals surface area (Å²) >= 11 is 0. The predicted octanol–water partition coefficient (Wildman–Crippen LogP) is 2.78. The molecule has 0 fully saturated rings. The minimum atomic E-state index is -0.657. The van der Waals surface area contributed by atoms with Gasteiger partial charge in [-0.2, -0.15) is 5.10 Å². The molecule has 3 N–H and O–H groups in total. The predicted molar refractivity (Wildman–Crippen MR) is 119 cm³/mol. The number of aromatic amines is 1. The number of H-pyrrole nitrogens is 1. The number of carbonyl (C=O) groups excluding carboxylic acids is 2. The number of nitrogens with one attached hydrogen (secondary N) is 3. The van der Waals surface area contributed by atoms with Crippen LogP contribution in [0.25, 0.3) is 10.9 Å². The van der Waals surface area contributed by atoms with Crippen LogP contribution in [0.5, 0.6) is 0 Å². The molecule has 0 spiro atoms. The fourth-order valence-electron chi connectivity index (χ4n) is 3.73. The number of carbonyl (C=O) groups is 2. The van der Waals surface area contributed by atoms with E-state index in [0.717, 1.165) is 27.6 Å². The summed E-state index contributed by atoms with van der Waals surface area (Å²) in [5.74, 6) is -0.451. The van der Waals surface area contributed by atoms with Gasteiger partial charge in [0.1, 0.15) is 6.04 Å². The Hall–Kier alpha value is -3.87. The van der Waals surface area contributed by atoms with E-state index in [4.69, 9.17) is 0 Å². The molecule has 1 atom stereocenters. The zero-order valence-electron chi connectivity index (χ0n) is 17.3. The number of aromatic nitrogens is 3. The zero-order chi connectivity index (χ0) is 21.6. The Morgan fingerprint density at radius 2 is 1.81 bits per heavy atom. The third kappa shape index (κ3) is 5.01. The van der Waals surface area contributed by atoms with Crippen LogP contribution in [0.3, 0.4) is 0 Å². The average molecular weight is 415 g/mol. The standard InChI is InChI=1S/C24H25N5O2/c1-17(30)28-23(13-20-15-25-22-10-5-4-9-21(20)22)24(31)26-14-18-7-2-3-8-19(18)16-29-12-6-11-27-29/h2-12,15,23,25H,13-14,16H2,1H3,(H,26,31)(H,28,30)/t23-/m0/s1. The molecule has 0 aliphatic carbocycles. The van der Waals surface area contributed by atoms with E-state index in [2.05, 4.69) is 20.7 Å². The van der Waals surface area contributed by atoms with Gasteiger partial charge in [0.2, 0.25) is 11.8 Å². The highest BCUT2D eigenvalue weighted by Crippen LogP contribution is 2.19. The Balaban J connectivity index is 1.47. The maximum Gasteiger partial charge on any atom is 0.243 e. The van der Waals surface area contributed by atoms with Crippen molar-refractivity contribution in [1.29, 1.82) is 0 Å². The molecule has 4 aromatic rings. The van der Waals surface area contributed by atoms with Crippen LogP contribution in [-0.2, 0) is 29.1 Å². The Labute approximate surface area is 180 Å². The van der Waals surface area contributed by atoms with Crippen LogP contribution in [-0.4, -0.2) is 32.6 Å². The average Bonchev–Trinajstić information content (AvgIpc) is 3.42. The van der Waals surface area contributed by atoms with Crippen molar-refractivity contribution < 1.29 is 9.59 Å². The molecule has 2 amide bonds. The molecule has 158 valence electrons. The van der Waals surface area contributed by atoms with Crippen LogP contribution in [0.15, 0.2) is 73.2 Å². The number of fused-ring (bicyclic) bond motifs is 1. The Bertz CT molecular complexity index is 1180. The topological polar surface area (TPSA) is 91.8 Å². The lowest BCUT2D eigenvalue weighted by Crippen LogP contribution is -2.47. The van der Waals surface area contributed by atoms with E-state index in [1.807, 2.05) is 71.7 Å². The maximum atomic E-state index is 13.0. The van der Waals surface area contributed by atoms with Crippen molar-refractivity contribution in [2.45, 2.75) is 32.5 Å². The largest absolute Gasteiger partial charge is 0.361 e. The molecular weight excluding hydrogens is 390 g/mol. The van der Waals surface area contributed by atoms with Gasteiger partial charge in [-0.1, -0.05) is 42.5 Å². The van der Waals surface area contributed by atoms with Gasteiger partial charge in [0, 0.05) is 49.4 Å². The van der Waals surface area contributed by atoms with Crippen molar-refractivity contribution in [3.8, 4) is 0 Å². The molecule has 4 rings (SSSR count). The lowest BCUT2D eigenvalue weighted by molar-refractivity contribution is -0.128. The van der Waals surface area contributed by atoms with E-state index in [-0.39, 0.29) is 11.8 Å². The highest BCUT2D eigenvalue weighted by molar-refractivity contribution is 5.89. The number of nitrogens with zero attached hydrogens (tertiary/aromatic N) is 2. The second-order valence-corrected chi connectivity index (χ2v) is 7.51. The second kappa shape index (κ2) is 9.30. The molecule has 0 aliphatic heterocycles. The number of para-hydroxylation sites is 1. The number of hydrogen-bond acceptors (Lipinski definition) is 3. The Kier molecular flexibility index (Phi) is 6.12. The molecule has 7 nitrogen and oxygen atoms in total. The molecular formula is C24H25N5O2. The number of hydrogen-bond donors (Lipinski definition) is 3. The maximum absolute atomic E-state index is 13.0. The van der Waals surface area contributed by atoms with Gasteiger partial charge in [-0.25, -0.2) is 0 Å². The van der Waals surface area contributed by atoms with Gasteiger partial charge in [-0.3, -0.25) is 14.3 Å². The third-order valence-electron chi connectivity index (χ3n) is 5.26. The van der Waals surface area contributed by atoms with E-state index >= 15 is 0 Å². The lowest BCUT2D eigenvalue weighted by atomic mass is 10.0. The normalized spacial score (nSPS) is 11.9. The lowest BCUT2D eigenvalue weighted by Gasteiger charge is -2.18. The van der Waals surface area contributed by atoms with Gasteiger partial charge >= 0.3 is 0 Å². The summed E-state index contributed by atoms with van der Waals surface area (Å²) in [6.07, 6.45) is 5.95. The SMILES string of the molecule is CC(=O)N[C@@H](Cc1c[nH]c2ccccc12)C(=O)NCc1ccccc1Cn1cccn1. The van der Waals surface area contributed by atoms with Gasteiger partial charge in [0.05, 0.1) is 6.54 Å². The smallest absolute Gasteiger partial charge is 0.243 e. The molecule has 31 heavy (non-hydrogen) atoms. The zero-order valence-corrected chi connectivity index (χ0v) is 17.3. The van der Waals surface area contributed by atoms with Crippen molar-refractivity contribution in [3.05, 3.63) is 89.9 Å². The van der Waals surface area contributed by atoms with Crippen LogP contribution in [0.4, 0.5) is 0 Å². The summed E-state index contributed by atoms with van der Waals surface area (Å²) < 4.78 is 1.85. The van der Waals surface area contributed by atoms with Crippen LogP contribution < -0.4 is 10.6 Å². The minimum Gasteiger partial charge on any atom is -0.361 e. The molecule has 7 heteroatoms. The Morgan fingerprint density at radius 1 is 1.03 bits per heavy atom. The summed E-state index contributed by atoms with van der Waals surface area (Å²) in [6, 6.07) is 17.1. The highest BCUT2D eigenvalue weighted by atomic mass is 16.2. The second-order valence-electron chi connectivity index (χ2n) is 7.51. The molecule has 0 aliphatic rings. The van der Waals surface area contributed by atoms with E-state index in [0.29, 0.717) is 19.5 Å². The van der Waals surface area contributed by atoms with E-state index in [9.17, 15) is 9.59 Å². The first-order valence-electron chi connectivity index (χ1n) is 10.2. The quantitative estimate of drug-likeness (QED) is 0.413. The highest BCUT2D eigenvalue weighted by Gasteiger charge is 2.21. The van der Waals surface area contributed by atoms with Crippen LogP contribution >= 0.6 is 0 Å². The number of rotatable bonds is 8. The molecule has 2 aromatic heterocycles. The molecule has 0 radical (unpaired) electrons. The van der Waals surface area contributed by atoms with Gasteiger partial charge in [0.25, 0.3) is 0 Å². The molecule has 0 unspecified atom stereocenters. The monoisotopic (exact) mass is 415 g/mol. The minimum absolute atomic E-state index is 0.214. The number of amides is 2. The van der Waals surface area contributed by atoms with Gasteiger partial charge in [-0.15, -0.1) is 0 Å². The molecule has 2 heterocycles. The summed E-state index contributed by atoms with van der Waals surface area (Å²) in [5, 5.41) is 11.1. The van der Waals surface area contributed by atoms with Crippen molar-refractivity contribution in [3.63, 3.8) is 0 Å². The molecule has 0 bridgehead atoms. The molecule has 0 saturated carbocycles. The summed E-state index contributed by atoms with van der Waals surface area (Å²) in [7, 11) is 0. The molecule has 2 aromatic carbocycles. The summed E-state index contributed by atoms with van der Waals surface area (Å²) in [5.41, 5.74) is 4.09. The first-order chi connectivity index (χ1) is 15.1. The van der Waals surface area contributed by atoms with E-state index in [1.165, 1.54) is 6.92 Å². The van der Waals surface area contributed by atoms with E-state index < -0.39 is 6.04 Å². The third-order valence-corrected chi connectivity index (χ3v) is 5.26. The van der Waals surface area contributed by atoms with Crippen LogP contribution in [0.1, 0.15) is 23.6 Å². The van der Waals surface area contributed by atoms with E-state index in [1.54, 1.807) is 6.20 Å². The first kappa shape index (κ1) is 20.4. The van der Waals surface area contributed by atoms with Crippen molar-refractivity contribution in [1.82, 2.24) is 25.4 Å². The van der Waals surface area contributed by atoms with Gasteiger partial charge in [0.15, 0.2) is 0 Å². The molecule has 0 saturated heterocycles. The summed E-state index contributed by atoms with van der Waals surface area (Å²) in [6.45, 7) is 2.43. The Morgan fingerprint density at radius 3 is 2.58 bits per heavy atom.